The van der Waals surface area contributed by atoms with E-state index in [-0.39, 0.29) is 0 Å². The molecule has 2 rings (SSSR count). The van der Waals surface area contributed by atoms with Crippen LogP contribution in [-0.2, 0) is 11.2 Å². The largest absolute Gasteiger partial charge is 0.474 e. The van der Waals surface area contributed by atoms with Crippen LogP contribution in [0, 0.1) is 0 Å². The predicted octanol–water partition coefficient (Wildman–Crippen LogP) is 2.78. The second kappa shape index (κ2) is 8.78. The number of hydrogen-bond acceptors (Lipinski definition) is 6. The quantitative estimate of drug-likeness (QED) is 0.595. The Balaban J connectivity index is 2.12. The molecule has 6 heteroatoms. The van der Waals surface area contributed by atoms with Crippen molar-refractivity contribution in [2.45, 2.75) is 57.9 Å². The molecule has 0 amide bonds. The summed E-state index contributed by atoms with van der Waals surface area (Å²) in [6, 6.07) is 0.441. The Morgan fingerprint density at radius 2 is 1.86 bits per heavy atom. The Morgan fingerprint density at radius 1 is 1.14 bits per heavy atom. The highest BCUT2D eigenvalue weighted by Gasteiger charge is 2.17. The lowest BCUT2D eigenvalue weighted by Crippen LogP contribution is -2.21. The van der Waals surface area contributed by atoms with Crippen LogP contribution in [0.25, 0.3) is 0 Å². The molecule has 0 aromatic carbocycles. The van der Waals surface area contributed by atoms with Gasteiger partial charge in [0.2, 0.25) is 5.88 Å². The summed E-state index contributed by atoms with van der Waals surface area (Å²) >= 11 is 0. The lowest BCUT2D eigenvalue weighted by molar-refractivity contribution is 0.144. The van der Waals surface area contributed by atoms with E-state index in [2.05, 4.69) is 15.3 Å². The topological polar surface area (TPSA) is 82.3 Å². The summed E-state index contributed by atoms with van der Waals surface area (Å²) < 4.78 is 10.6. The van der Waals surface area contributed by atoms with Gasteiger partial charge in [-0.1, -0.05) is 32.6 Å². The number of hydrogen-bond donors (Lipinski definition) is 2. The summed E-state index contributed by atoms with van der Waals surface area (Å²) in [5.74, 6) is 1.92. The van der Waals surface area contributed by atoms with Gasteiger partial charge in [0.05, 0.1) is 6.61 Å². The van der Waals surface area contributed by atoms with Crippen molar-refractivity contribution in [3.05, 3.63) is 5.82 Å². The van der Waals surface area contributed by atoms with E-state index in [9.17, 15) is 0 Å². The molecule has 0 atom stereocenters. The molecular weight excluding hydrogens is 280 g/mol. The summed E-state index contributed by atoms with van der Waals surface area (Å²) in [6.45, 7) is 2.97. The van der Waals surface area contributed by atoms with Crippen molar-refractivity contribution in [3.8, 4) is 5.88 Å². The van der Waals surface area contributed by atoms with Gasteiger partial charge in [0.15, 0.2) is 5.82 Å². The lowest BCUT2D eigenvalue weighted by Gasteiger charge is -2.19. The van der Waals surface area contributed by atoms with Crippen molar-refractivity contribution in [1.82, 2.24) is 9.97 Å². The molecule has 1 aromatic heterocycles. The highest BCUT2D eigenvalue weighted by Crippen LogP contribution is 2.29. The van der Waals surface area contributed by atoms with Crippen molar-refractivity contribution >= 4 is 11.5 Å². The van der Waals surface area contributed by atoms with E-state index in [4.69, 9.17) is 15.2 Å². The first kappa shape index (κ1) is 16.8. The minimum Gasteiger partial charge on any atom is -0.474 e. The SMILES string of the molecule is CCc1nc(NC2CCCCCC2)c(N)c(OCCOC)n1. The van der Waals surface area contributed by atoms with Gasteiger partial charge in [-0.2, -0.15) is 4.98 Å². The van der Waals surface area contributed by atoms with Gasteiger partial charge in [-0.25, -0.2) is 4.98 Å². The minimum atomic E-state index is 0.434. The normalized spacial score (nSPS) is 16.3. The van der Waals surface area contributed by atoms with E-state index < -0.39 is 0 Å². The third kappa shape index (κ3) is 4.73. The van der Waals surface area contributed by atoms with Crippen molar-refractivity contribution in [2.75, 3.05) is 31.4 Å². The fourth-order valence-corrected chi connectivity index (χ4v) is 2.71. The molecule has 22 heavy (non-hydrogen) atoms. The number of aryl methyl sites for hydroxylation is 1. The number of anilines is 2. The number of nitrogens with one attached hydrogen (secondary N) is 1. The van der Waals surface area contributed by atoms with E-state index in [1.807, 2.05) is 6.92 Å². The van der Waals surface area contributed by atoms with Crippen molar-refractivity contribution in [1.29, 1.82) is 0 Å². The number of nitrogens with zero attached hydrogens (tertiary/aromatic N) is 2. The third-order valence-electron chi connectivity index (χ3n) is 4.00. The van der Waals surface area contributed by atoms with E-state index in [1.54, 1.807) is 7.11 Å². The van der Waals surface area contributed by atoms with E-state index >= 15 is 0 Å². The highest BCUT2D eigenvalue weighted by atomic mass is 16.5. The molecule has 0 spiro atoms. The second-order valence-corrected chi connectivity index (χ2v) is 5.73. The summed E-state index contributed by atoms with van der Waals surface area (Å²) in [5.41, 5.74) is 6.69. The van der Waals surface area contributed by atoms with Gasteiger partial charge >= 0.3 is 0 Å². The molecule has 0 bridgehead atoms. The molecule has 1 saturated carbocycles. The van der Waals surface area contributed by atoms with Crippen molar-refractivity contribution < 1.29 is 9.47 Å². The number of aromatic nitrogens is 2. The Bertz CT molecular complexity index is 460. The number of ether oxygens (including phenoxy) is 2. The molecule has 1 heterocycles. The molecule has 0 radical (unpaired) electrons. The van der Waals surface area contributed by atoms with Crippen LogP contribution in [0.4, 0.5) is 11.5 Å². The molecule has 1 aliphatic rings. The maximum Gasteiger partial charge on any atom is 0.242 e. The van der Waals surface area contributed by atoms with Gasteiger partial charge in [0.25, 0.3) is 0 Å². The average molecular weight is 308 g/mol. The molecule has 1 aliphatic carbocycles. The fourth-order valence-electron chi connectivity index (χ4n) is 2.71. The zero-order valence-electron chi connectivity index (χ0n) is 13.7. The average Bonchev–Trinajstić information content (AvgIpc) is 2.79. The minimum absolute atomic E-state index is 0.434. The van der Waals surface area contributed by atoms with Crippen LogP contribution in [-0.4, -0.2) is 36.3 Å². The predicted molar refractivity (Wildman–Crippen MR) is 88.3 cm³/mol. The molecule has 3 N–H and O–H groups in total. The number of nitrogens with two attached hydrogens (primary N) is 1. The first-order chi connectivity index (χ1) is 10.7. The highest BCUT2D eigenvalue weighted by molar-refractivity contribution is 5.67. The summed E-state index contributed by atoms with van der Waals surface area (Å²) in [4.78, 5) is 8.93. The van der Waals surface area contributed by atoms with E-state index in [1.165, 1.54) is 38.5 Å². The van der Waals surface area contributed by atoms with Crippen molar-refractivity contribution in [2.24, 2.45) is 0 Å². The summed E-state index contributed by atoms with van der Waals surface area (Å²) in [7, 11) is 1.64. The van der Waals surface area contributed by atoms with Gasteiger partial charge in [-0.3, -0.25) is 0 Å². The zero-order valence-corrected chi connectivity index (χ0v) is 13.7. The summed E-state index contributed by atoms with van der Waals surface area (Å²) in [6.07, 6.45) is 8.27. The van der Waals surface area contributed by atoms with E-state index in [0.29, 0.717) is 36.6 Å². The molecule has 0 unspecified atom stereocenters. The molecule has 6 nitrogen and oxygen atoms in total. The van der Waals surface area contributed by atoms with Gasteiger partial charge in [-0.15, -0.1) is 0 Å². The van der Waals surface area contributed by atoms with Crippen LogP contribution in [0.15, 0.2) is 0 Å². The van der Waals surface area contributed by atoms with Crippen LogP contribution in [0.3, 0.4) is 0 Å². The Kier molecular flexibility index (Phi) is 6.71. The Hall–Kier alpha value is -1.56. The summed E-state index contributed by atoms with van der Waals surface area (Å²) in [5, 5.41) is 3.51. The van der Waals surface area contributed by atoms with Gasteiger partial charge in [0.1, 0.15) is 18.1 Å². The van der Waals surface area contributed by atoms with Crippen LogP contribution < -0.4 is 15.8 Å². The molecule has 1 fully saturated rings. The third-order valence-corrected chi connectivity index (χ3v) is 4.00. The maximum atomic E-state index is 6.19. The van der Waals surface area contributed by atoms with Crippen LogP contribution in [0.1, 0.15) is 51.3 Å². The number of nitrogen functional groups attached to an aromatic ring is 1. The van der Waals surface area contributed by atoms with Gasteiger partial charge in [0, 0.05) is 19.6 Å². The zero-order chi connectivity index (χ0) is 15.8. The Morgan fingerprint density at radius 3 is 2.50 bits per heavy atom. The molecule has 0 saturated heterocycles. The fraction of sp³-hybridized carbons (Fsp3) is 0.750. The maximum absolute atomic E-state index is 6.19. The Labute approximate surface area is 132 Å². The molecule has 1 aromatic rings. The number of methoxy groups -OCH3 is 1. The monoisotopic (exact) mass is 308 g/mol. The second-order valence-electron chi connectivity index (χ2n) is 5.73. The van der Waals surface area contributed by atoms with Crippen LogP contribution >= 0.6 is 0 Å². The van der Waals surface area contributed by atoms with Gasteiger partial charge in [-0.05, 0) is 12.8 Å². The number of rotatable bonds is 7. The van der Waals surface area contributed by atoms with Gasteiger partial charge < -0.3 is 20.5 Å². The van der Waals surface area contributed by atoms with E-state index in [0.717, 1.165) is 12.2 Å². The van der Waals surface area contributed by atoms with Crippen molar-refractivity contribution in [3.63, 3.8) is 0 Å². The standard InChI is InChI=1S/C16H28N4O2/c1-3-13-19-15(18-12-8-6-4-5-7-9-12)14(17)16(20-13)22-11-10-21-2/h12H,3-11,17H2,1-2H3,(H,18,19,20). The molecule has 124 valence electrons. The smallest absolute Gasteiger partial charge is 0.242 e. The first-order valence-electron chi connectivity index (χ1n) is 8.29. The van der Waals surface area contributed by atoms with Crippen LogP contribution in [0.2, 0.25) is 0 Å². The first-order valence-corrected chi connectivity index (χ1v) is 8.29. The lowest BCUT2D eigenvalue weighted by atomic mass is 10.1. The van der Waals surface area contributed by atoms with Crippen LogP contribution in [0.5, 0.6) is 5.88 Å². The molecular formula is C16H28N4O2. The molecule has 0 aliphatic heterocycles.